The topological polar surface area (TPSA) is 41.6 Å². The van der Waals surface area contributed by atoms with Crippen LogP contribution in [0.2, 0.25) is 0 Å². The lowest BCUT2D eigenvalue weighted by Crippen LogP contribution is -2.46. The minimum Gasteiger partial charge on any atom is -0.378 e. The quantitative estimate of drug-likeness (QED) is 0.906. The van der Waals surface area contributed by atoms with Gasteiger partial charge in [0.05, 0.1) is 13.2 Å². The van der Waals surface area contributed by atoms with Gasteiger partial charge >= 0.3 is 0 Å². The molecule has 1 amide bonds. The molecule has 0 bridgehead atoms. The van der Waals surface area contributed by atoms with Crippen LogP contribution < -0.4 is 5.32 Å². The zero-order chi connectivity index (χ0) is 15.9. The molecule has 0 aliphatic carbocycles. The molecule has 2 aliphatic heterocycles. The minimum absolute atomic E-state index is 0.201. The van der Waals surface area contributed by atoms with E-state index in [9.17, 15) is 4.79 Å². The van der Waals surface area contributed by atoms with Crippen molar-refractivity contribution in [2.45, 2.75) is 38.1 Å². The smallest absolute Gasteiger partial charge is 0.224 e. The SMILES string of the molecule is O=C(CC1COCCN1)N1CCC(CCc2ccccc2)CC1. The number of likely N-dealkylation sites (tertiary alicyclic amines) is 1. The van der Waals surface area contributed by atoms with Crippen LogP contribution in [0, 0.1) is 5.92 Å². The summed E-state index contributed by atoms with van der Waals surface area (Å²) in [6.07, 6.45) is 5.27. The number of hydrogen-bond acceptors (Lipinski definition) is 3. The Morgan fingerprint density at radius 3 is 2.70 bits per heavy atom. The van der Waals surface area contributed by atoms with Crippen LogP contribution in [0.4, 0.5) is 0 Å². The summed E-state index contributed by atoms with van der Waals surface area (Å²) in [5, 5.41) is 3.36. The predicted octanol–water partition coefficient (Wildman–Crippen LogP) is 2.24. The lowest BCUT2D eigenvalue weighted by atomic mass is 9.90. The highest BCUT2D eigenvalue weighted by atomic mass is 16.5. The lowest BCUT2D eigenvalue weighted by Gasteiger charge is -2.33. The monoisotopic (exact) mass is 316 g/mol. The van der Waals surface area contributed by atoms with E-state index in [-0.39, 0.29) is 11.9 Å². The van der Waals surface area contributed by atoms with Crippen molar-refractivity contribution < 1.29 is 9.53 Å². The van der Waals surface area contributed by atoms with E-state index >= 15 is 0 Å². The van der Waals surface area contributed by atoms with Gasteiger partial charge in [-0.25, -0.2) is 0 Å². The molecule has 1 atom stereocenters. The van der Waals surface area contributed by atoms with Crippen LogP contribution in [0.3, 0.4) is 0 Å². The Kier molecular flexibility index (Phi) is 6.06. The van der Waals surface area contributed by atoms with E-state index in [2.05, 4.69) is 40.5 Å². The summed E-state index contributed by atoms with van der Waals surface area (Å²) in [4.78, 5) is 14.4. The van der Waals surface area contributed by atoms with Crippen molar-refractivity contribution in [1.82, 2.24) is 10.2 Å². The molecule has 1 aromatic rings. The fourth-order valence-electron chi connectivity index (χ4n) is 3.58. The van der Waals surface area contributed by atoms with Crippen molar-refractivity contribution in [3.05, 3.63) is 35.9 Å². The van der Waals surface area contributed by atoms with E-state index in [0.717, 1.165) is 51.4 Å². The first-order valence-electron chi connectivity index (χ1n) is 8.94. The fraction of sp³-hybridized carbons (Fsp3) is 0.632. The zero-order valence-corrected chi connectivity index (χ0v) is 13.9. The first-order valence-corrected chi connectivity index (χ1v) is 8.94. The van der Waals surface area contributed by atoms with E-state index in [1.165, 1.54) is 12.0 Å². The Bertz CT molecular complexity index is 477. The number of nitrogens with one attached hydrogen (secondary N) is 1. The van der Waals surface area contributed by atoms with Gasteiger partial charge in [-0.1, -0.05) is 30.3 Å². The normalized spacial score (nSPS) is 23.0. The molecule has 2 fully saturated rings. The first-order chi connectivity index (χ1) is 11.3. The molecule has 2 heterocycles. The van der Waals surface area contributed by atoms with Gasteiger partial charge in [0.1, 0.15) is 0 Å². The number of carbonyl (C=O) groups excluding carboxylic acids is 1. The molecule has 0 spiro atoms. The fourth-order valence-corrected chi connectivity index (χ4v) is 3.58. The number of ether oxygens (including phenoxy) is 1. The maximum Gasteiger partial charge on any atom is 0.224 e. The van der Waals surface area contributed by atoms with Crippen LogP contribution in [0.1, 0.15) is 31.2 Å². The summed E-state index contributed by atoms with van der Waals surface area (Å²) in [7, 11) is 0. The second-order valence-electron chi connectivity index (χ2n) is 6.78. The molecular formula is C19H28N2O2. The first kappa shape index (κ1) is 16.5. The number of amides is 1. The number of piperidine rings is 1. The molecule has 1 N–H and O–H groups in total. The molecule has 4 nitrogen and oxygen atoms in total. The van der Waals surface area contributed by atoms with Crippen molar-refractivity contribution in [3.8, 4) is 0 Å². The molecule has 0 aromatic heterocycles. The van der Waals surface area contributed by atoms with Crippen LogP contribution in [-0.4, -0.2) is 49.7 Å². The van der Waals surface area contributed by atoms with Gasteiger partial charge < -0.3 is 15.0 Å². The number of nitrogens with zero attached hydrogens (tertiary/aromatic N) is 1. The third-order valence-electron chi connectivity index (χ3n) is 5.07. The molecule has 0 radical (unpaired) electrons. The molecule has 1 aromatic carbocycles. The summed E-state index contributed by atoms with van der Waals surface area (Å²) in [5.74, 6) is 1.05. The van der Waals surface area contributed by atoms with Crippen LogP contribution in [0.25, 0.3) is 0 Å². The maximum atomic E-state index is 12.4. The van der Waals surface area contributed by atoms with E-state index in [4.69, 9.17) is 4.74 Å². The Balaban J connectivity index is 1.37. The second kappa shape index (κ2) is 8.46. The van der Waals surface area contributed by atoms with Gasteiger partial charge in [-0.2, -0.15) is 0 Å². The average molecular weight is 316 g/mol. The Morgan fingerprint density at radius 2 is 2.00 bits per heavy atom. The number of hydrogen-bond donors (Lipinski definition) is 1. The van der Waals surface area contributed by atoms with Gasteiger partial charge in [0.2, 0.25) is 5.91 Å². The highest BCUT2D eigenvalue weighted by Gasteiger charge is 2.25. The Morgan fingerprint density at radius 1 is 1.22 bits per heavy atom. The number of benzene rings is 1. The van der Waals surface area contributed by atoms with E-state index < -0.39 is 0 Å². The standard InChI is InChI=1S/C19H28N2O2/c22-19(14-18-15-23-13-10-20-18)21-11-8-17(9-12-21)7-6-16-4-2-1-3-5-16/h1-5,17-18,20H,6-15H2. The second-order valence-corrected chi connectivity index (χ2v) is 6.78. The predicted molar refractivity (Wildman–Crippen MR) is 91.3 cm³/mol. The average Bonchev–Trinajstić information content (AvgIpc) is 2.62. The van der Waals surface area contributed by atoms with Gasteiger partial charge in [-0.05, 0) is 37.2 Å². The van der Waals surface area contributed by atoms with Gasteiger partial charge in [0.25, 0.3) is 0 Å². The summed E-state index contributed by atoms with van der Waals surface area (Å²) >= 11 is 0. The summed E-state index contributed by atoms with van der Waals surface area (Å²) in [6.45, 7) is 4.13. The number of morpholine rings is 1. The van der Waals surface area contributed by atoms with Crippen LogP contribution in [-0.2, 0) is 16.0 Å². The third kappa shape index (κ3) is 5.05. The van der Waals surface area contributed by atoms with Crippen LogP contribution in [0.5, 0.6) is 0 Å². The maximum absolute atomic E-state index is 12.4. The Labute approximate surface area is 139 Å². The van der Waals surface area contributed by atoms with Crippen LogP contribution in [0.15, 0.2) is 30.3 Å². The molecule has 1 unspecified atom stereocenters. The highest BCUT2D eigenvalue weighted by molar-refractivity contribution is 5.77. The van der Waals surface area contributed by atoms with E-state index in [1.54, 1.807) is 0 Å². The van der Waals surface area contributed by atoms with Crippen molar-refractivity contribution >= 4 is 5.91 Å². The van der Waals surface area contributed by atoms with E-state index in [1.807, 2.05) is 0 Å². The molecule has 4 heteroatoms. The van der Waals surface area contributed by atoms with Gasteiger partial charge in [-0.3, -0.25) is 4.79 Å². The molecule has 126 valence electrons. The molecule has 23 heavy (non-hydrogen) atoms. The number of carbonyl (C=O) groups is 1. The summed E-state index contributed by atoms with van der Waals surface area (Å²) < 4.78 is 5.43. The van der Waals surface area contributed by atoms with Crippen molar-refractivity contribution in [2.75, 3.05) is 32.8 Å². The van der Waals surface area contributed by atoms with Gasteiger partial charge in [0.15, 0.2) is 0 Å². The molecule has 0 saturated carbocycles. The number of aryl methyl sites for hydroxylation is 1. The molecular weight excluding hydrogens is 288 g/mol. The molecule has 2 aliphatic rings. The van der Waals surface area contributed by atoms with E-state index in [0.29, 0.717) is 13.0 Å². The van der Waals surface area contributed by atoms with Crippen molar-refractivity contribution in [3.63, 3.8) is 0 Å². The molecule has 3 rings (SSSR count). The van der Waals surface area contributed by atoms with Crippen molar-refractivity contribution in [1.29, 1.82) is 0 Å². The third-order valence-corrected chi connectivity index (χ3v) is 5.07. The zero-order valence-electron chi connectivity index (χ0n) is 13.9. The lowest BCUT2D eigenvalue weighted by molar-refractivity contribution is -0.133. The van der Waals surface area contributed by atoms with Crippen LogP contribution >= 0.6 is 0 Å². The van der Waals surface area contributed by atoms with Gasteiger partial charge in [-0.15, -0.1) is 0 Å². The Hall–Kier alpha value is -1.39. The van der Waals surface area contributed by atoms with Crippen molar-refractivity contribution in [2.24, 2.45) is 5.92 Å². The minimum atomic E-state index is 0.201. The van der Waals surface area contributed by atoms with Gasteiger partial charge in [0, 0.05) is 32.1 Å². The molecule has 2 saturated heterocycles. The summed E-state index contributed by atoms with van der Waals surface area (Å²) in [5.41, 5.74) is 1.43. The number of rotatable bonds is 5. The highest BCUT2D eigenvalue weighted by Crippen LogP contribution is 2.23. The largest absolute Gasteiger partial charge is 0.378 e. The summed E-state index contributed by atoms with van der Waals surface area (Å²) in [6, 6.07) is 10.9.